The quantitative estimate of drug-likeness (QED) is 0.565. The van der Waals surface area contributed by atoms with Gasteiger partial charge in [0.1, 0.15) is 5.82 Å². The van der Waals surface area contributed by atoms with Gasteiger partial charge in [-0.05, 0) is 29.7 Å². The summed E-state index contributed by atoms with van der Waals surface area (Å²) in [4.78, 5) is 20.4. The van der Waals surface area contributed by atoms with Crippen molar-refractivity contribution in [2.75, 3.05) is 0 Å². The Bertz CT molecular complexity index is 986. The van der Waals surface area contributed by atoms with Crippen molar-refractivity contribution in [2.24, 2.45) is 0 Å². The van der Waals surface area contributed by atoms with E-state index in [0.29, 0.717) is 10.4 Å². The van der Waals surface area contributed by atoms with Gasteiger partial charge >= 0.3 is 0 Å². The van der Waals surface area contributed by atoms with E-state index in [4.69, 9.17) is 0 Å². The van der Waals surface area contributed by atoms with Crippen LogP contribution in [0.5, 0.6) is 0 Å². The van der Waals surface area contributed by atoms with Gasteiger partial charge in [-0.25, -0.2) is 4.39 Å². The molecule has 4 rings (SSSR count). The van der Waals surface area contributed by atoms with Crippen molar-refractivity contribution in [3.63, 3.8) is 0 Å². The van der Waals surface area contributed by atoms with Crippen molar-refractivity contribution in [1.82, 2.24) is 9.97 Å². The average Bonchev–Trinajstić information content (AvgIpc) is 3.09. The lowest BCUT2D eigenvalue weighted by atomic mass is 10.1. The molecule has 102 valence electrons. The Morgan fingerprint density at radius 2 is 2.14 bits per heavy atom. The molecule has 0 aliphatic heterocycles. The number of carbonyl (C=O) groups is 1. The van der Waals surface area contributed by atoms with E-state index in [1.54, 1.807) is 30.7 Å². The fourth-order valence-electron chi connectivity index (χ4n) is 2.40. The Balaban J connectivity index is 1.86. The Morgan fingerprint density at radius 3 is 3.05 bits per heavy atom. The number of nitrogens with one attached hydrogen (secondary N) is 1. The van der Waals surface area contributed by atoms with Gasteiger partial charge < -0.3 is 4.98 Å². The first-order valence-corrected chi connectivity index (χ1v) is 7.19. The highest BCUT2D eigenvalue weighted by molar-refractivity contribution is 7.21. The normalized spacial score (nSPS) is 11.3. The molecule has 0 saturated heterocycles. The molecule has 0 fully saturated rings. The largest absolute Gasteiger partial charge is 0.360 e. The molecule has 0 bridgehead atoms. The molecule has 3 nitrogen and oxygen atoms in total. The third kappa shape index (κ3) is 1.94. The molecule has 1 aromatic carbocycles. The van der Waals surface area contributed by atoms with Gasteiger partial charge in [-0.1, -0.05) is 6.07 Å². The molecular formula is C16H9FN2OS. The monoisotopic (exact) mass is 296 g/mol. The highest BCUT2D eigenvalue weighted by Crippen LogP contribution is 2.29. The maximum atomic E-state index is 13.2. The number of aromatic nitrogens is 2. The van der Waals surface area contributed by atoms with Crippen LogP contribution in [0.1, 0.15) is 15.2 Å². The van der Waals surface area contributed by atoms with Crippen LogP contribution in [0.15, 0.2) is 48.9 Å². The summed E-state index contributed by atoms with van der Waals surface area (Å²) in [5.41, 5.74) is 1.46. The number of fused-ring (bicyclic) bond motifs is 2. The van der Waals surface area contributed by atoms with E-state index >= 15 is 0 Å². The lowest BCUT2D eigenvalue weighted by Crippen LogP contribution is -1.96. The van der Waals surface area contributed by atoms with Crippen molar-refractivity contribution in [2.45, 2.75) is 0 Å². The standard InChI is InChI=1S/C16H9FN2OS/c17-10-2-1-9-5-15(21-14(9)6-10)16(20)12-8-19-13-3-4-18-7-11(12)13/h1-8,19H. The number of H-pyrrole nitrogens is 1. The molecule has 0 aliphatic rings. The SMILES string of the molecule is O=C(c1cc2ccc(F)cc2s1)c1c[nH]c2ccncc12. The maximum absolute atomic E-state index is 13.2. The zero-order valence-corrected chi connectivity index (χ0v) is 11.6. The first-order valence-electron chi connectivity index (χ1n) is 6.37. The van der Waals surface area contributed by atoms with Gasteiger partial charge in [0, 0.05) is 34.2 Å². The third-order valence-corrected chi connectivity index (χ3v) is 4.53. The molecule has 0 aliphatic carbocycles. The second-order valence-corrected chi connectivity index (χ2v) is 5.83. The second kappa shape index (κ2) is 4.49. The number of ketones is 1. The molecule has 4 aromatic rings. The molecule has 0 saturated carbocycles. The van der Waals surface area contributed by atoms with Crippen LogP contribution in [-0.2, 0) is 0 Å². The molecule has 0 unspecified atom stereocenters. The fraction of sp³-hybridized carbons (Fsp3) is 0. The smallest absolute Gasteiger partial charge is 0.205 e. The van der Waals surface area contributed by atoms with Crippen LogP contribution in [0.4, 0.5) is 4.39 Å². The number of nitrogens with zero attached hydrogens (tertiary/aromatic N) is 1. The van der Waals surface area contributed by atoms with E-state index in [9.17, 15) is 9.18 Å². The summed E-state index contributed by atoms with van der Waals surface area (Å²) in [6.45, 7) is 0. The van der Waals surface area contributed by atoms with Gasteiger partial charge in [0.15, 0.2) is 0 Å². The van der Waals surface area contributed by atoms with Gasteiger partial charge in [-0.3, -0.25) is 9.78 Å². The number of benzene rings is 1. The first-order chi connectivity index (χ1) is 10.2. The summed E-state index contributed by atoms with van der Waals surface area (Å²) in [5.74, 6) is -0.365. The van der Waals surface area contributed by atoms with E-state index < -0.39 is 0 Å². The zero-order chi connectivity index (χ0) is 14.4. The van der Waals surface area contributed by atoms with Crippen LogP contribution in [0, 0.1) is 5.82 Å². The van der Waals surface area contributed by atoms with Crippen LogP contribution in [0.25, 0.3) is 21.0 Å². The molecule has 3 aromatic heterocycles. The summed E-state index contributed by atoms with van der Waals surface area (Å²) in [7, 11) is 0. The highest BCUT2D eigenvalue weighted by atomic mass is 32.1. The van der Waals surface area contributed by atoms with E-state index in [2.05, 4.69) is 9.97 Å². The van der Waals surface area contributed by atoms with Crippen molar-refractivity contribution < 1.29 is 9.18 Å². The topological polar surface area (TPSA) is 45.8 Å². The van der Waals surface area contributed by atoms with Gasteiger partial charge in [0.05, 0.1) is 10.4 Å². The van der Waals surface area contributed by atoms with Crippen LogP contribution in [-0.4, -0.2) is 15.8 Å². The van der Waals surface area contributed by atoms with E-state index in [1.807, 2.05) is 6.07 Å². The molecule has 5 heteroatoms. The van der Waals surface area contributed by atoms with Crippen molar-refractivity contribution in [1.29, 1.82) is 0 Å². The van der Waals surface area contributed by atoms with Crippen molar-refractivity contribution >= 4 is 38.1 Å². The second-order valence-electron chi connectivity index (χ2n) is 4.75. The Kier molecular flexibility index (Phi) is 2.62. The minimum absolute atomic E-state index is 0.0733. The minimum Gasteiger partial charge on any atom is -0.360 e. The maximum Gasteiger partial charge on any atom is 0.205 e. The van der Waals surface area contributed by atoms with Gasteiger partial charge in [0.2, 0.25) is 5.78 Å². The number of hydrogen-bond acceptors (Lipinski definition) is 3. The molecule has 21 heavy (non-hydrogen) atoms. The number of carbonyl (C=O) groups excluding carboxylic acids is 1. The number of aromatic amines is 1. The molecule has 0 amide bonds. The summed E-state index contributed by atoms with van der Waals surface area (Å²) < 4.78 is 14.0. The molecule has 0 radical (unpaired) electrons. The number of halogens is 1. The molecule has 3 heterocycles. The van der Waals surface area contributed by atoms with Crippen LogP contribution in [0.2, 0.25) is 0 Å². The third-order valence-electron chi connectivity index (χ3n) is 3.43. The van der Waals surface area contributed by atoms with Gasteiger partial charge in [-0.15, -0.1) is 11.3 Å². The molecule has 0 spiro atoms. The van der Waals surface area contributed by atoms with Gasteiger partial charge in [-0.2, -0.15) is 0 Å². The fourth-order valence-corrected chi connectivity index (χ4v) is 3.44. The van der Waals surface area contributed by atoms with Crippen LogP contribution < -0.4 is 0 Å². The molecule has 0 atom stereocenters. The summed E-state index contributed by atoms with van der Waals surface area (Å²) >= 11 is 1.30. The Hall–Kier alpha value is -2.53. The minimum atomic E-state index is -0.292. The zero-order valence-electron chi connectivity index (χ0n) is 10.8. The summed E-state index contributed by atoms with van der Waals surface area (Å²) in [6, 6.07) is 8.17. The number of thiophene rings is 1. The molecular weight excluding hydrogens is 287 g/mol. The molecule has 1 N–H and O–H groups in total. The summed E-state index contributed by atoms with van der Waals surface area (Å²) in [6.07, 6.45) is 5.04. The van der Waals surface area contributed by atoms with Crippen molar-refractivity contribution in [3.05, 3.63) is 65.2 Å². The summed E-state index contributed by atoms with van der Waals surface area (Å²) in [5, 5.41) is 1.67. The van der Waals surface area contributed by atoms with Gasteiger partial charge in [0.25, 0.3) is 0 Å². The number of hydrogen-bond donors (Lipinski definition) is 1. The van der Waals surface area contributed by atoms with Crippen LogP contribution in [0.3, 0.4) is 0 Å². The predicted octanol–water partition coefficient (Wildman–Crippen LogP) is 4.15. The highest BCUT2D eigenvalue weighted by Gasteiger charge is 2.17. The van der Waals surface area contributed by atoms with Crippen LogP contribution >= 0.6 is 11.3 Å². The van der Waals surface area contributed by atoms with E-state index in [1.165, 1.54) is 23.5 Å². The van der Waals surface area contributed by atoms with E-state index in [-0.39, 0.29) is 11.6 Å². The predicted molar refractivity (Wildman–Crippen MR) is 81.3 cm³/mol. The lowest BCUT2D eigenvalue weighted by molar-refractivity contribution is 0.104. The average molecular weight is 296 g/mol. The Labute approximate surface area is 123 Å². The number of pyridine rings is 1. The van der Waals surface area contributed by atoms with Crippen molar-refractivity contribution in [3.8, 4) is 0 Å². The Morgan fingerprint density at radius 1 is 1.24 bits per heavy atom. The number of rotatable bonds is 2. The first kappa shape index (κ1) is 12.2. The van der Waals surface area contributed by atoms with E-state index in [0.717, 1.165) is 21.0 Å². The lowest BCUT2D eigenvalue weighted by Gasteiger charge is -1.94.